The van der Waals surface area contributed by atoms with Crippen molar-refractivity contribution >= 4 is 23.4 Å². The van der Waals surface area contributed by atoms with Gasteiger partial charge in [-0.2, -0.15) is 0 Å². The van der Waals surface area contributed by atoms with E-state index in [2.05, 4.69) is 34.0 Å². The number of rotatable bonds is 5. The third kappa shape index (κ3) is 8.35. The lowest BCUT2D eigenvalue weighted by Gasteiger charge is -2.09. The fraction of sp³-hybridized carbons (Fsp3) is 0.250. The zero-order valence-electron chi connectivity index (χ0n) is 17.9. The van der Waals surface area contributed by atoms with Crippen LogP contribution in [0.2, 0.25) is 0 Å². The van der Waals surface area contributed by atoms with Crippen LogP contribution in [-0.4, -0.2) is 18.2 Å². The molecular formula is C24H29FN2O2S. The Morgan fingerprint density at radius 2 is 1.87 bits per heavy atom. The number of hydroxylamine groups is 1. The second-order valence-electron chi connectivity index (χ2n) is 5.79. The minimum absolute atomic E-state index is 0.160. The van der Waals surface area contributed by atoms with Gasteiger partial charge in [-0.15, -0.1) is 6.58 Å². The summed E-state index contributed by atoms with van der Waals surface area (Å²) in [6, 6.07) is 14.6. The highest BCUT2D eigenvalue weighted by atomic mass is 32.2. The average molecular weight is 429 g/mol. The van der Waals surface area contributed by atoms with Gasteiger partial charge < -0.3 is 0 Å². The lowest BCUT2D eigenvalue weighted by molar-refractivity contribution is -0.132. The average Bonchev–Trinajstić information content (AvgIpc) is 2.94. The van der Waals surface area contributed by atoms with Crippen molar-refractivity contribution in [1.82, 2.24) is 5.48 Å². The number of nitrogens with one attached hydrogen (secondary N) is 1. The number of fused-ring (bicyclic) bond motifs is 1. The summed E-state index contributed by atoms with van der Waals surface area (Å²) in [6.45, 7) is 11.7. The van der Waals surface area contributed by atoms with E-state index in [-0.39, 0.29) is 11.7 Å². The molecule has 0 atom stereocenters. The molecule has 0 saturated carbocycles. The van der Waals surface area contributed by atoms with Crippen LogP contribution in [0.3, 0.4) is 0 Å². The molecule has 2 aromatic carbocycles. The van der Waals surface area contributed by atoms with E-state index >= 15 is 0 Å². The summed E-state index contributed by atoms with van der Waals surface area (Å²) in [6.07, 6.45) is 1.83. The van der Waals surface area contributed by atoms with Crippen molar-refractivity contribution in [3.05, 3.63) is 89.2 Å². The molecule has 2 aromatic rings. The predicted molar refractivity (Wildman–Crippen MR) is 124 cm³/mol. The van der Waals surface area contributed by atoms with Crippen molar-refractivity contribution in [3.63, 3.8) is 0 Å². The van der Waals surface area contributed by atoms with Gasteiger partial charge in [0.25, 0.3) is 0 Å². The number of hydrogen-bond acceptors (Lipinski definition) is 4. The first kappa shape index (κ1) is 25.3. The van der Waals surface area contributed by atoms with Gasteiger partial charge in [-0.1, -0.05) is 49.9 Å². The molecule has 0 unspecified atom stereocenters. The fourth-order valence-corrected chi connectivity index (χ4v) is 3.13. The van der Waals surface area contributed by atoms with Gasteiger partial charge in [-0.05, 0) is 49.6 Å². The van der Waals surface area contributed by atoms with E-state index in [0.29, 0.717) is 13.0 Å². The fourth-order valence-electron chi connectivity index (χ4n) is 2.33. The van der Waals surface area contributed by atoms with E-state index in [1.165, 1.54) is 23.1 Å². The summed E-state index contributed by atoms with van der Waals surface area (Å²) in [5.74, 6) is -0.389. The molecule has 0 spiro atoms. The Hall–Kier alpha value is -2.70. The third-order valence-electron chi connectivity index (χ3n) is 3.56. The van der Waals surface area contributed by atoms with Crippen molar-refractivity contribution < 1.29 is 14.0 Å². The van der Waals surface area contributed by atoms with Gasteiger partial charge in [0.1, 0.15) is 5.82 Å². The highest BCUT2D eigenvalue weighted by Crippen LogP contribution is 2.30. The zero-order valence-corrected chi connectivity index (χ0v) is 18.8. The molecular weight excluding hydrogens is 399 g/mol. The molecule has 6 heteroatoms. The molecule has 0 aliphatic carbocycles. The molecule has 1 aliphatic rings. The highest BCUT2D eigenvalue weighted by molar-refractivity contribution is 8.02. The maximum atomic E-state index is 13.1. The Morgan fingerprint density at radius 3 is 2.50 bits per heavy atom. The SMILES string of the molecule is C=CCC(=O)NOCC.CC.CC1=CSc2ccccc2C(c2ccc(F)cc2)=N1. The largest absolute Gasteiger partial charge is 0.274 e. The van der Waals surface area contributed by atoms with Gasteiger partial charge in [0.05, 0.1) is 12.3 Å². The Labute approximate surface area is 182 Å². The Morgan fingerprint density at radius 1 is 1.20 bits per heavy atom. The molecule has 1 aliphatic heterocycles. The van der Waals surface area contributed by atoms with Crippen molar-refractivity contribution in [2.45, 2.75) is 39.0 Å². The topological polar surface area (TPSA) is 50.7 Å². The smallest absolute Gasteiger partial charge is 0.247 e. The summed E-state index contributed by atoms with van der Waals surface area (Å²) in [4.78, 5) is 20.9. The Kier molecular flexibility index (Phi) is 12.1. The summed E-state index contributed by atoms with van der Waals surface area (Å²) >= 11 is 1.67. The quantitative estimate of drug-likeness (QED) is 0.450. The Bertz CT molecular complexity index is 877. The van der Waals surface area contributed by atoms with Crippen molar-refractivity contribution in [2.24, 2.45) is 4.99 Å². The predicted octanol–water partition coefficient (Wildman–Crippen LogP) is 6.29. The molecule has 30 heavy (non-hydrogen) atoms. The number of aliphatic imine (C=N–C) groups is 1. The van der Waals surface area contributed by atoms with Crippen LogP contribution in [0.1, 0.15) is 45.2 Å². The van der Waals surface area contributed by atoms with Crippen LogP contribution in [0.5, 0.6) is 0 Å². The van der Waals surface area contributed by atoms with Crippen LogP contribution in [0.15, 0.2) is 82.2 Å². The third-order valence-corrected chi connectivity index (χ3v) is 4.63. The molecule has 1 amide bonds. The zero-order chi connectivity index (χ0) is 22.4. The van der Waals surface area contributed by atoms with Crippen molar-refractivity contribution in [2.75, 3.05) is 6.61 Å². The van der Waals surface area contributed by atoms with Crippen molar-refractivity contribution in [3.8, 4) is 0 Å². The number of amides is 1. The van der Waals surface area contributed by atoms with Gasteiger partial charge in [-0.25, -0.2) is 9.87 Å². The van der Waals surface area contributed by atoms with E-state index in [1.54, 1.807) is 30.8 Å². The molecule has 1 N–H and O–H groups in total. The van der Waals surface area contributed by atoms with E-state index in [0.717, 1.165) is 22.5 Å². The van der Waals surface area contributed by atoms with Crippen molar-refractivity contribution in [1.29, 1.82) is 0 Å². The maximum Gasteiger partial charge on any atom is 0.247 e. The minimum Gasteiger partial charge on any atom is -0.274 e. The minimum atomic E-state index is -0.229. The number of benzene rings is 2. The van der Waals surface area contributed by atoms with E-state index in [4.69, 9.17) is 0 Å². The normalized spacial score (nSPS) is 11.8. The van der Waals surface area contributed by atoms with E-state index in [9.17, 15) is 9.18 Å². The maximum absolute atomic E-state index is 13.1. The number of nitrogens with zero attached hydrogens (tertiary/aromatic N) is 1. The molecule has 0 bridgehead atoms. The monoisotopic (exact) mass is 428 g/mol. The van der Waals surface area contributed by atoms with Gasteiger partial charge in [0, 0.05) is 28.1 Å². The first-order chi connectivity index (χ1) is 14.5. The lowest BCUT2D eigenvalue weighted by atomic mass is 10.0. The molecule has 0 saturated heterocycles. The first-order valence-corrected chi connectivity index (χ1v) is 10.7. The summed E-state index contributed by atoms with van der Waals surface area (Å²) in [5, 5.41) is 2.04. The van der Waals surface area contributed by atoms with E-state index < -0.39 is 0 Å². The van der Waals surface area contributed by atoms with Crippen LogP contribution in [0, 0.1) is 5.82 Å². The van der Waals surface area contributed by atoms with Crippen LogP contribution < -0.4 is 5.48 Å². The number of hydrogen-bond donors (Lipinski definition) is 1. The molecule has 0 aromatic heterocycles. The van der Waals surface area contributed by atoms with Crippen LogP contribution in [0.4, 0.5) is 4.39 Å². The van der Waals surface area contributed by atoms with Crippen LogP contribution in [0.25, 0.3) is 0 Å². The van der Waals surface area contributed by atoms with Gasteiger partial charge in [-0.3, -0.25) is 14.6 Å². The van der Waals surface area contributed by atoms with Crippen LogP contribution >= 0.6 is 11.8 Å². The molecule has 0 radical (unpaired) electrons. The first-order valence-electron chi connectivity index (χ1n) is 9.84. The molecule has 4 nitrogen and oxygen atoms in total. The standard InChI is InChI=1S/C16H12FNS.C6H11NO2.C2H6/c1-11-10-19-15-5-3-2-4-14(15)16(18-11)12-6-8-13(17)9-7-12;1-3-5-6(8)7-9-4-2;1-2/h2-10H,1H3;3H,1,4-5H2,2H3,(H,7,8);1-2H3. The van der Waals surface area contributed by atoms with Gasteiger partial charge in [0.15, 0.2) is 0 Å². The number of carbonyl (C=O) groups excluding carboxylic acids is 1. The molecule has 3 rings (SSSR count). The number of carbonyl (C=O) groups is 1. The summed E-state index contributed by atoms with van der Waals surface area (Å²) in [5.41, 5.74) is 6.10. The highest BCUT2D eigenvalue weighted by Gasteiger charge is 2.14. The molecule has 1 heterocycles. The summed E-state index contributed by atoms with van der Waals surface area (Å²) in [7, 11) is 0. The van der Waals surface area contributed by atoms with Gasteiger partial charge in [0.2, 0.25) is 5.91 Å². The second kappa shape index (κ2) is 14.3. The number of allylic oxidation sites excluding steroid dienone is 1. The molecule has 160 valence electrons. The number of thioether (sulfide) groups is 1. The number of halogens is 1. The van der Waals surface area contributed by atoms with Crippen LogP contribution in [-0.2, 0) is 9.63 Å². The van der Waals surface area contributed by atoms with Gasteiger partial charge >= 0.3 is 0 Å². The Balaban J connectivity index is 0.000000349. The lowest BCUT2D eigenvalue weighted by Crippen LogP contribution is -2.22. The second-order valence-corrected chi connectivity index (χ2v) is 6.70. The molecule has 0 fully saturated rings. The summed E-state index contributed by atoms with van der Waals surface area (Å²) < 4.78 is 13.1. The van der Waals surface area contributed by atoms with E-state index in [1.807, 2.05) is 38.3 Å².